The van der Waals surface area contributed by atoms with Crippen molar-refractivity contribution in [1.29, 1.82) is 0 Å². The third kappa shape index (κ3) is 5.38. The molecule has 2 heteroatoms. The van der Waals surface area contributed by atoms with E-state index in [0.717, 1.165) is 42.9 Å². The average Bonchev–Trinajstić information content (AvgIpc) is 2.59. The zero-order valence-electron chi connectivity index (χ0n) is 14.4. The van der Waals surface area contributed by atoms with E-state index in [4.69, 9.17) is 4.74 Å². The number of fused-ring (bicyclic) bond motifs is 1. The van der Waals surface area contributed by atoms with E-state index in [-0.39, 0.29) is 12.1 Å². The Balaban J connectivity index is 2.02. The lowest BCUT2D eigenvalue weighted by Crippen LogP contribution is -2.18. The van der Waals surface area contributed by atoms with E-state index in [9.17, 15) is 4.79 Å². The van der Waals surface area contributed by atoms with Crippen LogP contribution in [-0.4, -0.2) is 12.1 Å². The van der Waals surface area contributed by atoms with Crippen LogP contribution in [0.1, 0.15) is 69.2 Å². The molecule has 2 aromatic rings. The lowest BCUT2D eigenvalue weighted by atomic mass is 10.0. The average molecular weight is 312 g/mol. The highest BCUT2D eigenvalue weighted by Gasteiger charge is 2.15. The maximum absolute atomic E-state index is 12.5. The van der Waals surface area contributed by atoms with Gasteiger partial charge in [-0.05, 0) is 42.2 Å². The largest absolute Gasteiger partial charge is 0.459 e. The van der Waals surface area contributed by atoms with Crippen LogP contribution in [-0.2, 0) is 4.74 Å². The van der Waals surface area contributed by atoms with Gasteiger partial charge in [-0.25, -0.2) is 4.79 Å². The third-order valence-corrected chi connectivity index (χ3v) is 4.27. The van der Waals surface area contributed by atoms with Crippen LogP contribution >= 0.6 is 0 Å². The Hall–Kier alpha value is -1.83. The second-order valence-electron chi connectivity index (χ2n) is 6.23. The number of unbranched alkanes of at least 4 members (excludes halogenated alkanes) is 3. The van der Waals surface area contributed by atoms with Crippen LogP contribution in [0.3, 0.4) is 0 Å². The predicted octanol–water partition coefficient (Wildman–Crippen LogP) is 6.14. The van der Waals surface area contributed by atoms with Gasteiger partial charge in [-0.3, -0.25) is 0 Å². The van der Waals surface area contributed by atoms with E-state index in [1.54, 1.807) is 0 Å². The number of carbonyl (C=O) groups is 1. The maximum Gasteiger partial charge on any atom is 0.338 e. The van der Waals surface area contributed by atoms with E-state index in [1.165, 1.54) is 12.8 Å². The van der Waals surface area contributed by atoms with Crippen LogP contribution in [0.4, 0.5) is 0 Å². The van der Waals surface area contributed by atoms with Gasteiger partial charge >= 0.3 is 5.97 Å². The van der Waals surface area contributed by atoms with Crippen molar-refractivity contribution in [2.75, 3.05) is 0 Å². The first-order valence-corrected chi connectivity index (χ1v) is 8.94. The fourth-order valence-corrected chi connectivity index (χ4v) is 2.85. The van der Waals surface area contributed by atoms with E-state index >= 15 is 0 Å². The summed E-state index contributed by atoms with van der Waals surface area (Å²) in [6.07, 6.45) is 7.79. The fraction of sp³-hybridized carbons (Fsp3) is 0.476. The van der Waals surface area contributed by atoms with Crippen molar-refractivity contribution in [2.45, 2.75) is 64.9 Å². The van der Waals surface area contributed by atoms with Crippen LogP contribution in [0.5, 0.6) is 0 Å². The van der Waals surface area contributed by atoms with Crippen molar-refractivity contribution in [3.63, 3.8) is 0 Å². The molecule has 0 N–H and O–H groups in total. The first kappa shape index (κ1) is 17.5. The summed E-state index contributed by atoms with van der Waals surface area (Å²) in [5, 5.41) is 2.23. The van der Waals surface area contributed by atoms with Gasteiger partial charge in [-0.15, -0.1) is 0 Å². The number of hydrogen-bond acceptors (Lipinski definition) is 2. The van der Waals surface area contributed by atoms with Gasteiger partial charge in [0.2, 0.25) is 0 Å². The highest BCUT2D eigenvalue weighted by atomic mass is 16.5. The minimum atomic E-state index is -0.187. The quantitative estimate of drug-likeness (QED) is 0.411. The summed E-state index contributed by atoms with van der Waals surface area (Å²) < 4.78 is 5.80. The topological polar surface area (TPSA) is 26.3 Å². The molecule has 23 heavy (non-hydrogen) atoms. The third-order valence-electron chi connectivity index (χ3n) is 4.27. The molecule has 1 atom stereocenters. The van der Waals surface area contributed by atoms with Crippen LogP contribution in [0.25, 0.3) is 10.8 Å². The van der Waals surface area contributed by atoms with E-state index in [2.05, 4.69) is 19.9 Å². The Kier molecular flexibility index (Phi) is 7.12. The molecule has 0 heterocycles. The molecule has 2 aromatic carbocycles. The van der Waals surface area contributed by atoms with Gasteiger partial charge in [0.25, 0.3) is 0 Å². The van der Waals surface area contributed by atoms with Crippen molar-refractivity contribution in [2.24, 2.45) is 0 Å². The molecule has 0 aliphatic rings. The minimum Gasteiger partial charge on any atom is -0.459 e. The molecule has 0 aliphatic heterocycles. The van der Waals surface area contributed by atoms with Crippen LogP contribution in [0, 0.1) is 0 Å². The molecule has 0 radical (unpaired) electrons. The Morgan fingerprint density at radius 3 is 2.35 bits per heavy atom. The molecule has 0 aromatic heterocycles. The normalized spacial score (nSPS) is 12.3. The van der Waals surface area contributed by atoms with Gasteiger partial charge in [-0.2, -0.15) is 0 Å². The van der Waals surface area contributed by atoms with Crippen LogP contribution < -0.4 is 0 Å². The van der Waals surface area contributed by atoms with Crippen molar-refractivity contribution in [3.05, 3.63) is 48.0 Å². The molecule has 0 saturated heterocycles. The number of rotatable bonds is 9. The molecule has 2 nitrogen and oxygen atoms in total. The van der Waals surface area contributed by atoms with Crippen molar-refractivity contribution in [1.82, 2.24) is 0 Å². The second-order valence-corrected chi connectivity index (χ2v) is 6.23. The minimum absolute atomic E-state index is 0.0560. The highest BCUT2D eigenvalue weighted by Crippen LogP contribution is 2.19. The SMILES string of the molecule is CCCCCC(CCCC)OC(=O)c1ccc2ccccc2c1. The second kappa shape index (κ2) is 9.34. The van der Waals surface area contributed by atoms with Gasteiger partial charge < -0.3 is 4.74 Å². The number of carbonyl (C=O) groups excluding carboxylic acids is 1. The molecule has 0 amide bonds. The fourth-order valence-electron chi connectivity index (χ4n) is 2.85. The number of benzene rings is 2. The Morgan fingerprint density at radius 1 is 0.913 bits per heavy atom. The standard InChI is InChI=1S/C21H28O2/c1-3-5-7-13-20(12-6-4-2)23-21(22)19-15-14-17-10-8-9-11-18(17)16-19/h8-11,14-16,20H,3-7,12-13H2,1-2H3. The van der Waals surface area contributed by atoms with Gasteiger partial charge in [0.1, 0.15) is 6.10 Å². The monoisotopic (exact) mass is 312 g/mol. The molecule has 0 fully saturated rings. The zero-order chi connectivity index (χ0) is 16.5. The summed E-state index contributed by atoms with van der Waals surface area (Å²) in [7, 11) is 0. The summed E-state index contributed by atoms with van der Waals surface area (Å²) in [5.74, 6) is -0.187. The Labute approximate surface area is 139 Å². The van der Waals surface area contributed by atoms with E-state index < -0.39 is 0 Å². The lowest BCUT2D eigenvalue weighted by molar-refractivity contribution is 0.0250. The molecule has 124 valence electrons. The number of hydrogen-bond donors (Lipinski definition) is 0. The van der Waals surface area contributed by atoms with Crippen molar-refractivity contribution >= 4 is 16.7 Å². The number of esters is 1. The summed E-state index contributed by atoms with van der Waals surface area (Å²) in [6, 6.07) is 13.9. The van der Waals surface area contributed by atoms with Crippen LogP contribution in [0.15, 0.2) is 42.5 Å². The zero-order valence-corrected chi connectivity index (χ0v) is 14.4. The maximum atomic E-state index is 12.5. The molecule has 0 bridgehead atoms. The molecular weight excluding hydrogens is 284 g/mol. The molecule has 0 saturated carbocycles. The highest BCUT2D eigenvalue weighted by molar-refractivity contribution is 5.95. The first-order chi connectivity index (χ1) is 11.2. The Morgan fingerprint density at radius 2 is 1.61 bits per heavy atom. The summed E-state index contributed by atoms with van der Waals surface area (Å²) >= 11 is 0. The molecule has 0 spiro atoms. The number of ether oxygens (including phenoxy) is 1. The molecule has 2 rings (SSSR count). The van der Waals surface area contributed by atoms with Gasteiger partial charge in [-0.1, -0.05) is 69.9 Å². The van der Waals surface area contributed by atoms with Crippen molar-refractivity contribution < 1.29 is 9.53 Å². The first-order valence-electron chi connectivity index (χ1n) is 8.94. The lowest BCUT2D eigenvalue weighted by Gasteiger charge is -2.18. The molecular formula is C21H28O2. The molecule has 1 unspecified atom stereocenters. The van der Waals surface area contributed by atoms with Gasteiger partial charge in [0.05, 0.1) is 5.56 Å². The summed E-state index contributed by atoms with van der Waals surface area (Å²) in [6.45, 7) is 4.37. The molecule has 0 aliphatic carbocycles. The van der Waals surface area contributed by atoms with E-state index in [0.29, 0.717) is 5.56 Å². The predicted molar refractivity (Wildman–Crippen MR) is 96.8 cm³/mol. The van der Waals surface area contributed by atoms with Crippen molar-refractivity contribution in [3.8, 4) is 0 Å². The Bertz CT molecular complexity index is 618. The van der Waals surface area contributed by atoms with Crippen LogP contribution in [0.2, 0.25) is 0 Å². The smallest absolute Gasteiger partial charge is 0.338 e. The van der Waals surface area contributed by atoms with E-state index in [1.807, 2.05) is 36.4 Å². The van der Waals surface area contributed by atoms with Gasteiger partial charge in [0.15, 0.2) is 0 Å². The summed E-state index contributed by atoms with van der Waals surface area (Å²) in [4.78, 5) is 12.5. The van der Waals surface area contributed by atoms with Gasteiger partial charge in [0, 0.05) is 0 Å². The summed E-state index contributed by atoms with van der Waals surface area (Å²) in [5.41, 5.74) is 0.653.